The highest BCUT2D eigenvalue weighted by Crippen LogP contribution is 2.36. The Morgan fingerprint density at radius 3 is 2.59 bits per heavy atom. The molecule has 0 saturated heterocycles. The first-order chi connectivity index (χ1) is 12.7. The predicted molar refractivity (Wildman–Crippen MR) is 94.4 cm³/mol. The highest BCUT2D eigenvalue weighted by atomic mass is 32.2. The highest BCUT2D eigenvalue weighted by Gasteiger charge is 2.22. The molecule has 1 heterocycles. The first kappa shape index (κ1) is 18.9. The number of nitrogens with one attached hydrogen (secondary N) is 1. The van der Waals surface area contributed by atoms with Crippen LogP contribution < -0.4 is 19.1 Å². The van der Waals surface area contributed by atoms with Crippen molar-refractivity contribution in [2.75, 3.05) is 29.2 Å². The van der Waals surface area contributed by atoms with Crippen LogP contribution in [0.5, 0.6) is 11.5 Å². The molecule has 3 rings (SSSR count). The van der Waals surface area contributed by atoms with E-state index in [1.807, 2.05) is 0 Å². The van der Waals surface area contributed by atoms with Crippen LogP contribution >= 0.6 is 0 Å². The van der Waals surface area contributed by atoms with Crippen LogP contribution in [0, 0.1) is 11.6 Å². The number of benzene rings is 2. The van der Waals surface area contributed by atoms with Crippen molar-refractivity contribution in [2.45, 2.75) is 6.42 Å². The maximum absolute atomic E-state index is 13.6. The van der Waals surface area contributed by atoms with Crippen molar-refractivity contribution < 1.29 is 31.5 Å². The summed E-state index contributed by atoms with van der Waals surface area (Å²) in [5.74, 6) is -1.40. The molecule has 0 aromatic heterocycles. The molecule has 1 amide bonds. The van der Waals surface area contributed by atoms with Gasteiger partial charge in [-0.1, -0.05) is 0 Å². The zero-order chi connectivity index (χ0) is 19.6. The van der Waals surface area contributed by atoms with E-state index >= 15 is 0 Å². The van der Waals surface area contributed by atoms with E-state index < -0.39 is 27.6 Å². The van der Waals surface area contributed by atoms with Crippen LogP contribution in [-0.4, -0.2) is 33.9 Å². The second kappa shape index (κ2) is 7.39. The lowest BCUT2D eigenvalue weighted by molar-refractivity contribution is -0.116. The van der Waals surface area contributed by atoms with Crippen LogP contribution in [0.15, 0.2) is 36.4 Å². The van der Waals surface area contributed by atoms with E-state index in [1.54, 1.807) is 6.07 Å². The number of sulfonamides is 1. The fourth-order valence-electron chi connectivity index (χ4n) is 2.53. The number of ether oxygens (including phenoxy) is 2. The molecule has 10 heteroatoms. The van der Waals surface area contributed by atoms with E-state index in [9.17, 15) is 22.0 Å². The third-order valence-corrected chi connectivity index (χ3v) is 4.99. The Morgan fingerprint density at radius 2 is 1.89 bits per heavy atom. The number of amides is 1. The van der Waals surface area contributed by atoms with Gasteiger partial charge in [0.1, 0.15) is 11.6 Å². The maximum Gasteiger partial charge on any atom is 0.232 e. The van der Waals surface area contributed by atoms with E-state index in [2.05, 4.69) is 5.32 Å². The Bertz CT molecular complexity index is 981. The first-order valence-electron chi connectivity index (χ1n) is 7.86. The largest absolute Gasteiger partial charge is 0.454 e. The lowest BCUT2D eigenvalue weighted by atomic mass is 10.2. The monoisotopic (exact) mass is 398 g/mol. The number of nitrogens with zero attached hydrogens (tertiary/aromatic N) is 1. The van der Waals surface area contributed by atoms with Gasteiger partial charge in [-0.15, -0.1) is 0 Å². The second-order valence-corrected chi connectivity index (χ2v) is 7.70. The maximum atomic E-state index is 13.6. The van der Waals surface area contributed by atoms with Gasteiger partial charge in [0.2, 0.25) is 22.7 Å². The molecule has 1 aliphatic rings. The number of rotatable bonds is 6. The SMILES string of the molecule is CS(=O)(=O)N(CCC(=O)Nc1ccc(F)cc1F)c1ccc2c(c1)OCO2. The molecule has 0 atom stereocenters. The summed E-state index contributed by atoms with van der Waals surface area (Å²) in [6, 6.07) is 7.35. The summed E-state index contributed by atoms with van der Waals surface area (Å²) in [6.07, 6.45) is 0.771. The lowest BCUT2D eigenvalue weighted by Crippen LogP contribution is -2.33. The Morgan fingerprint density at radius 1 is 1.15 bits per heavy atom. The summed E-state index contributed by atoms with van der Waals surface area (Å²) < 4.78 is 62.2. The Kier molecular flexibility index (Phi) is 5.17. The fourth-order valence-corrected chi connectivity index (χ4v) is 3.45. The average molecular weight is 398 g/mol. The molecule has 27 heavy (non-hydrogen) atoms. The van der Waals surface area contributed by atoms with Crippen molar-refractivity contribution in [3.05, 3.63) is 48.0 Å². The molecule has 0 fully saturated rings. The van der Waals surface area contributed by atoms with Crippen LogP contribution in [0.25, 0.3) is 0 Å². The summed E-state index contributed by atoms with van der Waals surface area (Å²) in [6.45, 7) is -0.129. The summed E-state index contributed by atoms with van der Waals surface area (Å²) >= 11 is 0. The smallest absolute Gasteiger partial charge is 0.232 e. The minimum atomic E-state index is -3.68. The quantitative estimate of drug-likeness (QED) is 0.808. The molecule has 2 aromatic rings. The number of hydrogen-bond acceptors (Lipinski definition) is 5. The van der Waals surface area contributed by atoms with Crippen LogP contribution in [0.1, 0.15) is 6.42 Å². The number of carbonyl (C=O) groups excluding carboxylic acids is 1. The number of halogens is 2. The zero-order valence-corrected chi connectivity index (χ0v) is 15.1. The molecule has 0 aliphatic carbocycles. The molecule has 0 radical (unpaired) electrons. The minimum Gasteiger partial charge on any atom is -0.454 e. The molecule has 0 bridgehead atoms. The van der Waals surface area contributed by atoms with E-state index in [0.717, 1.165) is 22.7 Å². The Balaban J connectivity index is 1.71. The molecule has 0 spiro atoms. The number of hydrogen-bond donors (Lipinski definition) is 1. The highest BCUT2D eigenvalue weighted by molar-refractivity contribution is 7.92. The normalized spacial score (nSPS) is 12.7. The molecule has 1 aliphatic heterocycles. The van der Waals surface area contributed by atoms with E-state index in [0.29, 0.717) is 23.3 Å². The third kappa shape index (κ3) is 4.45. The van der Waals surface area contributed by atoms with Gasteiger partial charge in [0.15, 0.2) is 11.5 Å². The van der Waals surface area contributed by atoms with Gasteiger partial charge in [0.25, 0.3) is 0 Å². The molecule has 0 unspecified atom stereocenters. The topological polar surface area (TPSA) is 84.9 Å². The van der Waals surface area contributed by atoms with Crippen LogP contribution in [0.3, 0.4) is 0 Å². The molecular formula is C17H16F2N2O5S. The van der Waals surface area contributed by atoms with Gasteiger partial charge in [-0.25, -0.2) is 17.2 Å². The van der Waals surface area contributed by atoms with E-state index in [-0.39, 0.29) is 25.4 Å². The summed E-state index contributed by atoms with van der Waals surface area (Å²) in [5, 5.41) is 2.29. The third-order valence-electron chi connectivity index (χ3n) is 3.79. The Labute approximate surface area is 154 Å². The Hall–Kier alpha value is -2.88. The zero-order valence-electron chi connectivity index (χ0n) is 14.2. The molecular weight excluding hydrogens is 382 g/mol. The summed E-state index contributed by atoms with van der Waals surface area (Å²) in [4.78, 5) is 12.1. The van der Waals surface area contributed by atoms with Crippen LogP contribution in [0.2, 0.25) is 0 Å². The van der Waals surface area contributed by atoms with Gasteiger partial charge in [0.05, 0.1) is 17.6 Å². The van der Waals surface area contributed by atoms with Crippen molar-refractivity contribution in [1.82, 2.24) is 0 Å². The van der Waals surface area contributed by atoms with Crippen molar-refractivity contribution in [2.24, 2.45) is 0 Å². The molecule has 144 valence electrons. The van der Waals surface area contributed by atoms with Gasteiger partial charge < -0.3 is 14.8 Å². The van der Waals surface area contributed by atoms with E-state index in [4.69, 9.17) is 9.47 Å². The van der Waals surface area contributed by atoms with Gasteiger partial charge in [-0.2, -0.15) is 0 Å². The van der Waals surface area contributed by atoms with Gasteiger partial charge in [-0.05, 0) is 24.3 Å². The van der Waals surface area contributed by atoms with Crippen molar-refractivity contribution in [1.29, 1.82) is 0 Å². The van der Waals surface area contributed by atoms with Gasteiger partial charge >= 0.3 is 0 Å². The summed E-state index contributed by atoms with van der Waals surface area (Å²) in [5.41, 5.74) is 0.123. The molecule has 7 nitrogen and oxygen atoms in total. The molecule has 2 aromatic carbocycles. The second-order valence-electron chi connectivity index (χ2n) is 5.80. The number of fused-ring (bicyclic) bond motifs is 1. The molecule has 1 N–H and O–H groups in total. The van der Waals surface area contributed by atoms with Crippen molar-refractivity contribution in [3.63, 3.8) is 0 Å². The van der Waals surface area contributed by atoms with Crippen LogP contribution in [0.4, 0.5) is 20.2 Å². The summed E-state index contributed by atoms with van der Waals surface area (Å²) in [7, 11) is -3.68. The van der Waals surface area contributed by atoms with Crippen molar-refractivity contribution >= 4 is 27.3 Å². The van der Waals surface area contributed by atoms with Gasteiger partial charge in [0, 0.05) is 25.1 Å². The minimum absolute atomic E-state index is 0.0449. The van der Waals surface area contributed by atoms with E-state index in [1.165, 1.54) is 12.1 Å². The van der Waals surface area contributed by atoms with Crippen molar-refractivity contribution in [3.8, 4) is 11.5 Å². The number of anilines is 2. The van der Waals surface area contributed by atoms with Crippen LogP contribution in [-0.2, 0) is 14.8 Å². The average Bonchev–Trinajstić information content (AvgIpc) is 3.04. The lowest BCUT2D eigenvalue weighted by Gasteiger charge is -2.22. The number of carbonyl (C=O) groups is 1. The van der Waals surface area contributed by atoms with Gasteiger partial charge in [-0.3, -0.25) is 9.10 Å². The standard InChI is InChI=1S/C17H16F2N2O5S/c1-27(23,24)21(12-3-5-15-16(9-12)26-10-25-15)7-6-17(22)20-14-4-2-11(18)8-13(14)19/h2-5,8-9H,6-7,10H2,1H3,(H,20,22). The first-order valence-corrected chi connectivity index (χ1v) is 9.71. The molecule has 0 saturated carbocycles. The fraction of sp³-hybridized carbons (Fsp3) is 0.235. The predicted octanol–water partition coefficient (Wildman–Crippen LogP) is 2.49.